The third-order valence-electron chi connectivity index (χ3n) is 4.07. The van der Waals surface area contributed by atoms with E-state index in [-0.39, 0.29) is 11.9 Å². The van der Waals surface area contributed by atoms with Gasteiger partial charge in [-0.25, -0.2) is 0 Å². The summed E-state index contributed by atoms with van der Waals surface area (Å²) in [5.74, 6) is 0.214. The molecule has 1 heterocycles. The summed E-state index contributed by atoms with van der Waals surface area (Å²) in [4.78, 5) is 13.6. The fourth-order valence-corrected chi connectivity index (χ4v) is 2.72. The highest BCUT2D eigenvalue weighted by Crippen LogP contribution is 2.23. The van der Waals surface area contributed by atoms with Gasteiger partial charge in [0.05, 0.1) is 12.7 Å². The van der Waals surface area contributed by atoms with Gasteiger partial charge in [0.1, 0.15) is 0 Å². The second kappa shape index (κ2) is 8.27. The third kappa shape index (κ3) is 4.53. The number of rotatable bonds is 8. The first kappa shape index (κ1) is 16.9. The molecule has 0 radical (unpaired) electrons. The Hall–Kier alpha value is -1.43. The number of anilines is 1. The molecule has 1 aliphatic heterocycles. The molecule has 1 aromatic carbocycles. The molecule has 1 saturated heterocycles. The van der Waals surface area contributed by atoms with Gasteiger partial charge < -0.3 is 20.1 Å². The predicted octanol–water partition coefficient (Wildman–Crippen LogP) is 1.86. The molecule has 1 amide bonds. The van der Waals surface area contributed by atoms with Crippen LogP contribution in [0.1, 0.15) is 37.8 Å². The monoisotopic (exact) mass is 306 g/mol. The van der Waals surface area contributed by atoms with Crippen LogP contribution in [0.4, 0.5) is 5.69 Å². The van der Waals surface area contributed by atoms with Gasteiger partial charge in [-0.05, 0) is 44.0 Å². The lowest BCUT2D eigenvalue weighted by atomic mass is 10.1. The number of nitrogens with one attached hydrogen (secondary N) is 1. The molecule has 0 spiro atoms. The van der Waals surface area contributed by atoms with E-state index in [4.69, 9.17) is 4.74 Å². The largest absolute Gasteiger partial charge is 0.391 e. The van der Waals surface area contributed by atoms with Crippen LogP contribution < -0.4 is 10.2 Å². The van der Waals surface area contributed by atoms with Crippen molar-refractivity contribution in [3.63, 3.8) is 0 Å². The standard InChI is InChI=1S/C17H26N2O3/c1-13(18-10-9-16(20)12-22-2)14-5-7-15(8-6-14)19-11-3-4-17(19)21/h5-8,13,16,18,20H,3-4,9-12H2,1-2H3. The second-order valence-corrected chi connectivity index (χ2v) is 5.81. The minimum atomic E-state index is -0.423. The lowest BCUT2D eigenvalue weighted by molar-refractivity contribution is -0.117. The van der Waals surface area contributed by atoms with Gasteiger partial charge in [-0.15, -0.1) is 0 Å². The fourth-order valence-electron chi connectivity index (χ4n) is 2.72. The molecule has 5 nitrogen and oxygen atoms in total. The van der Waals surface area contributed by atoms with Crippen molar-refractivity contribution in [2.24, 2.45) is 0 Å². The van der Waals surface area contributed by atoms with Crippen molar-refractivity contribution in [1.29, 1.82) is 0 Å². The normalized spacial score (nSPS) is 17.8. The van der Waals surface area contributed by atoms with Crippen LogP contribution >= 0.6 is 0 Å². The lowest BCUT2D eigenvalue weighted by Gasteiger charge is -2.19. The van der Waals surface area contributed by atoms with Crippen LogP contribution in [-0.2, 0) is 9.53 Å². The van der Waals surface area contributed by atoms with E-state index >= 15 is 0 Å². The van der Waals surface area contributed by atoms with Gasteiger partial charge in [-0.2, -0.15) is 0 Å². The summed E-state index contributed by atoms with van der Waals surface area (Å²) in [5.41, 5.74) is 2.16. The van der Waals surface area contributed by atoms with Gasteiger partial charge in [0.2, 0.25) is 5.91 Å². The summed E-state index contributed by atoms with van der Waals surface area (Å²) in [6.07, 6.45) is 1.85. The Morgan fingerprint density at radius 2 is 2.09 bits per heavy atom. The fraction of sp³-hybridized carbons (Fsp3) is 0.588. The van der Waals surface area contributed by atoms with Crippen LogP contribution in [-0.4, -0.2) is 43.9 Å². The molecule has 2 unspecified atom stereocenters. The van der Waals surface area contributed by atoms with Gasteiger partial charge in [-0.1, -0.05) is 12.1 Å². The van der Waals surface area contributed by atoms with E-state index in [1.807, 2.05) is 17.0 Å². The highest BCUT2D eigenvalue weighted by atomic mass is 16.5. The van der Waals surface area contributed by atoms with E-state index in [1.165, 1.54) is 5.56 Å². The number of ether oxygens (including phenoxy) is 1. The van der Waals surface area contributed by atoms with Gasteiger partial charge in [0, 0.05) is 31.8 Å². The number of amides is 1. The smallest absolute Gasteiger partial charge is 0.227 e. The molecule has 2 rings (SSSR count). The number of aliphatic hydroxyl groups excluding tert-OH is 1. The maximum atomic E-state index is 11.7. The van der Waals surface area contributed by atoms with Crippen molar-refractivity contribution in [2.45, 2.75) is 38.3 Å². The Morgan fingerprint density at radius 3 is 2.68 bits per heavy atom. The number of hydrogen-bond acceptors (Lipinski definition) is 4. The van der Waals surface area contributed by atoms with Crippen molar-refractivity contribution in [3.05, 3.63) is 29.8 Å². The number of carbonyl (C=O) groups excluding carboxylic acids is 1. The second-order valence-electron chi connectivity index (χ2n) is 5.81. The minimum Gasteiger partial charge on any atom is -0.391 e. The average molecular weight is 306 g/mol. The Bertz CT molecular complexity index is 475. The van der Waals surface area contributed by atoms with Gasteiger partial charge in [0.15, 0.2) is 0 Å². The Kier molecular flexibility index (Phi) is 6.36. The molecule has 0 saturated carbocycles. The zero-order chi connectivity index (χ0) is 15.9. The first-order valence-corrected chi connectivity index (χ1v) is 7.92. The summed E-state index contributed by atoms with van der Waals surface area (Å²) in [7, 11) is 1.59. The van der Waals surface area contributed by atoms with Crippen molar-refractivity contribution in [2.75, 3.05) is 31.7 Å². The van der Waals surface area contributed by atoms with Crippen molar-refractivity contribution < 1.29 is 14.6 Å². The molecular weight excluding hydrogens is 280 g/mol. The molecule has 2 atom stereocenters. The van der Waals surface area contributed by atoms with E-state index < -0.39 is 6.10 Å². The first-order chi connectivity index (χ1) is 10.6. The lowest BCUT2D eigenvalue weighted by Crippen LogP contribution is -2.26. The zero-order valence-corrected chi connectivity index (χ0v) is 13.4. The molecule has 122 valence electrons. The van der Waals surface area contributed by atoms with Gasteiger partial charge >= 0.3 is 0 Å². The number of nitrogens with zero attached hydrogens (tertiary/aromatic N) is 1. The minimum absolute atomic E-state index is 0.207. The van der Waals surface area contributed by atoms with Crippen molar-refractivity contribution in [3.8, 4) is 0 Å². The highest BCUT2D eigenvalue weighted by molar-refractivity contribution is 5.95. The highest BCUT2D eigenvalue weighted by Gasteiger charge is 2.21. The van der Waals surface area contributed by atoms with Crippen LogP contribution in [0, 0.1) is 0 Å². The summed E-state index contributed by atoms with van der Waals surface area (Å²) in [5, 5.41) is 13.0. The Morgan fingerprint density at radius 1 is 1.36 bits per heavy atom. The van der Waals surface area contributed by atoms with Crippen molar-refractivity contribution >= 4 is 11.6 Å². The van der Waals surface area contributed by atoms with E-state index in [2.05, 4.69) is 24.4 Å². The molecule has 1 aromatic rings. The summed E-state index contributed by atoms with van der Waals surface area (Å²) in [6.45, 7) is 4.02. The molecule has 1 aliphatic rings. The molecule has 22 heavy (non-hydrogen) atoms. The third-order valence-corrected chi connectivity index (χ3v) is 4.07. The molecule has 2 N–H and O–H groups in total. The Balaban J connectivity index is 1.83. The quantitative estimate of drug-likeness (QED) is 0.769. The summed E-state index contributed by atoms with van der Waals surface area (Å²) >= 11 is 0. The maximum absolute atomic E-state index is 11.7. The maximum Gasteiger partial charge on any atom is 0.227 e. The zero-order valence-electron chi connectivity index (χ0n) is 13.4. The van der Waals surface area contributed by atoms with Gasteiger partial charge in [-0.3, -0.25) is 4.79 Å². The van der Waals surface area contributed by atoms with E-state index in [0.717, 1.165) is 25.2 Å². The molecule has 1 fully saturated rings. The van der Waals surface area contributed by atoms with E-state index in [1.54, 1.807) is 7.11 Å². The molecule has 0 bridgehead atoms. The average Bonchev–Trinajstić information content (AvgIpc) is 2.94. The summed E-state index contributed by atoms with van der Waals surface area (Å²) in [6, 6.07) is 8.35. The van der Waals surface area contributed by atoms with Gasteiger partial charge in [0.25, 0.3) is 0 Å². The number of aliphatic hydroxyl groups is 1. The topological polar surface area (TPSA) is 61.8 Å². The van der Waals surface area contributed by atoms with E-state index in [0.29, 0.717) is 19.4 Å². The van der Waals surface area contributed by atoms with Crippen LogP contribution in [0.25, 0.3) is 0 Å². The van der Waals surface area contributed by atoms with Crippen LogP contribution in [0.3, 0.4) is 0 Å². The number of carbonyl (C=O) groups is 1. The molecular formula is C17H26N2O3. The number of methoxy groups -OCH3 is 1. The van der Waals surface area contributed by atoms with Crippen molar-refractivity contribution in [1.82, 2.24) is 5.32 Å². The number of benzene rings is 1. The van der Waals surface area contributed by atoms with Crippen LogP contribution in [0.2, 0.25) is 0 Å². The Labute approximate surface area is 132 Å². The van der Waals surface area contributed by atoms with Crippen LogP contribution in [0.5, 0.6) is 0 Å². The predicted molar refractivity (Wildman–Crippen MR) is 86.9 cm³/mol. The first-order valence-electron chi connectivity index (χ1n) is 7.92. The molecule has 5 heteroatoms. The SMILES string of the molecule is COCC(O)CCNC(C)c1ccc(N2CCCC2=O)cc1. The summed E-state index contributed by atoms with van der Waals surface area (Å²) < 4.78 is 4.91. The van der Waals surface area contributed by atoms with E-state index in [9.17, 15) is 9.90 Å². The molecule has 0 aromatic heterocycles. The molecule has 0 aliphatic carbocycles. The van der Waals surface area contributed by atoms with Crippen LogP contribution in [0.15, 0.2) is 24.3 Å². The number of hydrogen-bond donors (Lipinski definition) is 2.